The monoisotopic (exact) mass is 428 g/mol. The fourth-order valence-corrected chi connectivity index (χ4v) is 3.20. The Morgan fingerprint density at radius 2 is 1.13 bits per heavy atom. The molecule has 0 saturated heterocycles. The molecule has 158 valence electrons. The fraction of sp³-hybridized carbons (Fsp3) is 0.182. The third-order valence-corrected chi connectivity index (χ3v) is 4.76. The molecule has 0 heterocycles. The van der Waals surface area contributed by atoms with Crippen LogP contribution in [0.1, 0.15) is 23.6 Å². The Labute approximate surface area is 167 Å². The van der Waals surface area contributed by atoms with Gasteiger partial charge in [0.05, 0.1) is 11.1 Å². The van der Waals surface area contributed by atoms with E-state index in [2.05, 4.69) is 0 Å². The normalized spacial score (nSPS) is 11.2. The van der Waals surface area contributed by atoms with Crippen LogP contribution >= 0.6 is 0 Å². The van der Waals surface area contributed by atoms with Crippen molar-refractivity contribution < 1.29 is 35.8 Å². The summed E-state index contributed by atoms with van der Waals surface area (Å²) in [5, 5.41) is 9.96. The fourth-order valence-electron chi connectivity index (χ4n) is 3.20. The highest BCUT2D eigenvalue weighted by molar-refractivity contribution is 5.73. The van der Waals surface area contributed by atoms with E-state index < -0.39 is 69.6 Å². The molecule has 1 N–H and O–H groups in total. The van der Waals surface area contributed by atoms with E-state index >= 15 is 4.39 Å². The van der Waals surface area contributed by atoms with Crippen molar-refractivity contribution in [2.45, 2.75) is 26.2 Å². The van der Waals surface area contributed by atoms with Gasteiger partial charge in [0.1, 0.15) is 29.0 Å². The van der Waals surface area contributed by atoms with Gasteiger partial charge in [0, 0.05) is 11.6 Å². The van der Waals surface area contributed by atoms with Gasteiger partial charge in [-0.05, 0) is 54.7 Å². The minimum absolute atomic E-state index is 0.0792. The summed E-state index contributed by atoms with van der Waals surface area (Å²) in [5.41, 5.74) is -2.14. The number of aromatic hydroxyl groups is 1. The lowest BCUT2D eigenvalue weighted by molar-refractivity contribution is 0.445. The van der Waals surface area contributed by atoms with Crippen LogP contribution in [0.5, 0.6) is 5.75 Å². The van der Waals surface area contributed by atoms with E-state index in [-0.39, 0.29) is 12.0 Å². The lowest BCUT2D eigenvalue weighted by Crippen LogP contribution is -2.05. The van der Waals surface area contributed by atoms with E-state index in [1.165, 1.54) is 0 Å². The first-order valence-corrected chi connectivity index (χ1v) is 8.95. The van der Waals surface area contributed by atoms with Crippen LogP contribution in [0.25, 0.3) is 11.1 Å². The molecule has 1 nitrogen and oxygen atoms in total. The Kier molecular flexibility index (Phi) is 6.05. The summed E-state index contributed by atoms with van der Waals surface area (Å²) in [4.78, 5) is 0. The maximum absolute atomic E-state index is 15.0. The van der Waals surface area contributed by atoms with E-state index in [0.717, 1.165) is 12.1 Å². The van der Waals surface area contributed by atoms with Crippen molar-refractivity contribution in [3.8, 4) is 16.9 Å². The lowest BCUT2D eigenvalue weighted by atomic mass is 9.95. The quantitative estimate of drug-likeness (QED) is 0.369. The number of phenolic OH excluding ortho intramolecular Hbond substituents is 1. The molecule has 0 fully saturated rings. The largest absolute Gasteiger partial charge is 0.507 e. The van der Waals surface area contributed by atoms with Crippen LogP contribution < -0.4 is 0 Å². The maximum Gasteiger partial charge on any atom is 0.194 e. The van der Waals surface area contributed by atoms with Gasteiger partial charge in [-0.15, -0.1) is 0 Å². The first-order chi connectivity index (χ1) is 14.1. The van der Waals surface area contributed by atoms with E-state index in [1.54, 1.807) is 6.92 Å². The lowest BCUT2D eigenvalue weighted by Gasteiger charge is -2.14. The molecule has 3 rings (SSSR count). The van der Waals surface area contributed by atoms with E-state index in [1.807, 2.05) is 0 Å². The van der Waals surface area contributed by atoms with Crippen LogP contribution in [0.2, 0.25) is 0 Å². The highest BCUT2D eigenvalue weighted by Gasteiger charge is 2.25. The van der Waals surface area contributed by atoms with Gasteiger partial charge in [-0.25, -0.2) is 30.7 Å². The summed E-state index contributed by atoms with van der Waals surface area (Å²) >= 11 is 0. The highest BCUT2D eigenvalue weighted by Crippen LogP contribution is 2.39. The smallest absolute Gasteiger partial charge is 0.194 e. The second-order valence-corrected chi connectivity index (χ2v) is 6.71. The van der Waals surface area contributed by atoms with Crippen LogP contribution in [0, 0.1) is 40.7 Å². The molecule has 0 aromatic heterocycles. The van der Waals surface area contributed by atoms with Crippen molar-refractivity contribution in [2.24, 2.45) is 0 Å². The topological polar surface area (TPSA) is 20.2 Å². The Morgan fingerprint density at radius 3 is 1.67 bits per heavy atom. The second-order valence-electron chi connectivity index (χ2n) is 6.71. The van der Waals surface area contributed by atoms with Gasteiger partial charge in [0.25, 0.3) is 0 Å². The molecule has 8 heteroatoms. The predicted molar refractivity (Wildman–Crippen MR) is 96.5 cm³/mol. The number of benzene rings is 3. The molecule has 0 spiro atoms. The Hall–Kier alpha value is -3.03. The minimum atomic E-state index is -1.68. The highest BCUT2D eigenvalue weighted by atomic mass is 19.2. The molecular formula is C22H15F7O. The van der Waals surface area contributed by atoms with Gasteiger partial charge in [0.2, 0.25) is 0 Å². The molecule has 0 amide bonds. The average molecular weight is 428 g/mol. The molecule has 0 saturated carbocycles. The van der Waals surface area contributed by atoms with Crippen molar-refractivity contribution >= 4 is 0 Å². The van der Waals surface area contributed by atoms with Crippen LogP contribution in [-0.4, -0.2) is 5.11 Å². The zero-order valence-corrected chi connectivity index (χ0v) is 15.6. The molecule has 0 radical (unpaired) electrons. The molecule has 0 aliphatic carbocycles. The van der Waals surface area contributed by atoms with Crippen LogP contribution in [0.4, 0.5) is 30.7 Å². The average Bonchev–Trinajstić information content (AvgIpc) is 2.67. The first kappa shape index (κ1) is 21.7. The summed E-state index contributed by atoms with van der Waals surface area (Å²) < 4.78 is 97.8. The van der Waals surface area contributed by atoms with Crippen LogP contribution in [0.3, 0.4) is 0 Å². The van der Waals surface area contributed by atoms with E-state index in [4.69, 9.17) is 0 Å². The molecule has 0 bridgehead atoms. The van der Waals surface area contributed by atoms with Gasteiger partial charge in [-0.1, -0.05) is 6.92 Å². The number of hydrogen-bond acceptors (Lipinski definition) is 1. The Morgan fingerprint density at radius 1 is 0.600 bits per heavy atom. The maximum atomic E-state index is 15.0. The summed E-state index contributed by atoms with van der Waals surface area (Å²) in [6.45, 7) is 1.66. The Bertz CT molecular complexity index is 1080. The zero-order chi connectivity index (χ0) is 22.2. The Balaban J connectivity index is 2.05. The SMILES string of the molecule is CCc1cc(F)c(-c2c(O)cc(F)c(CCc3cc(F)c(F)c(F)c3)c2F)c(F)c1. The summed E-state index contributed by atoms with van der Waals surface area (Å²) in [7, 11) is 0. The number of aryl methyl sites for hydroxylation is 2. The van der Waals surface area contributed by atoms with Crippen molar-refractivity contribution in [2.75, 3.05) is 0 Å². The molecule has 0 atom stereocenters. The van der Waals surface area contributed by atoms with Gasteiger partial charge in [-0.2, -0.15) is 0 Å². The zero-order valence-electron chi connectivity index (χ0n) is 15.6. The van der Waals surface area contributed by atoms with Crippen molar-refractivity contribution in [1.29, 1.82) is 0 Å². The predicted octanol–water partition coefficient (Wildman–Crippen LogP) is 6.38. The molecule has 0 aliphatic heterocycles. The van der Waals surface area contributed by atoms with Crippen LogP contribution in [0.15, 0.2) is 30.3 Å². The number of phenols is 1. The van der Waals surface area contributed by atoms with Crippen molar-refractivity contribution in [3.63, 3.8) is 0 Å². The number of hydrogen-bond donors (Lipinski definition) is 1. The first-order valence-electron chi connectivity index (χ1n) is 8.95. The third kappa shape index (κ3) is 3.99. The third-order valence-electron chi connectivity index (χ3n) is 4.76. The van der Waals surface area contributed by atoms with Gasteiger partial charge >= 0.3 is 0 Å². The summed E-state index contributed by atoms with van der Waals surface area (Å²) in [6.07, 6.45) is -0.459. The summed E-state index contributed by atoms with van der Waals surface area (Å²) in [5.74, 6) is -10.5. The van der Waals surface area contributed by atoms with E-state index in [0.29, 0.717) is 30.2 Å². The van der Waals surface area contributed by atoms with Gasteiger partial charge < -0.3 is 5.11 Å². The second kappa shape index (κ2) is 8.38. The minimum Gasteiger partial charge on any atom is -0.507 e. The summed E-state index contributed by atoms with van der Waals surface area (Å²) in [6, 6.07) is 3.82. The molecule has 3 aromatic carbocycles. The standard InChI is InChI=1S/C22H15F7O/c1-2-10-5-14(24)19(15(25)6-10)20-18(30)9-13(23)12(21(20)28)4-3-11-7-16(26)22(29)17(27)8-11/h5-9,30H,2-4H2,1H3. The molecule has 0 unspecified atom stereocenters. The number of rotatable bonds is 5. The molecule has 30 heavy (non-hydrogen) atoms. The van der Waals surface area contributed by atoms with E-state index in [9.17, 15) is 31.4 Å². The molecular weight excluding hydrogens is 413 g/mol. The molecule has 3 aromatic rings. The number of halogens is 7. The van der Waals surface area contributed by atoms with Crippen molar-refractivity contribution in [3.05, 3.63) is 87.7 Å². The van der Waals surface area contributed by atoms with Crippen LogP contribution in [-0.2, 0) is 19.3 Å². The van der Waals surface area contributed by atoms with Gasteiger partial charge in [-0.3, -0.25) is 0 Å². The van der Waals surface area contributed by atoms with Gasteiger partial charge in [0.15, 0.2) is 17.5 Å². The van der Waals surface area contributed by atoms with Crippen molar-refractivity contribution in [1.82, 2.24) is 0 Å². The molecule has 0 aliphatic rings.